The van der Waals surface area contributed by atoms with Crippen molar-refractivity contribution in [3.8, 4) is 0 Å². The Balaban J connectivity index is 2.90. The summed E-state index contributed by atoms with van der Waals surface area (Å²) in [5.41, 5.74) is 0.228. The Morgan fingerprint density at radius 1 is 1.56 bits per heavy atom. The number of aromatic nitrogens is 2. The van der Waals surface area contributed by atoms with Crippen molar-refractivity contribution in [2.24, 2.45) is 0 Å². The number of hydrogen-bond acceptors (Lipinski definition) is 3. The van der Waals surface area contributed by atoms with Crippen molar-refractivity contribution < 1.29 is 4.79 Å². The Kier molecular flexibility index (Phi) is 5.28. The van der Waals surface area contributed by atoms with E-state index >= 15 is 0 Å². The van der Waals surface area contributed by atoms with E-state index in [4.69, 9.17) is 11.6 Å². The third-order valence-electron chi connectivity index (χ3n) is 2.39. The summed E-state index contributed by atoms with van der Waals surface area (Å²) in [5, 5.41) is 3.09. The summed E-state index contributed by atoms with van der Waals surface area (Å²) in [6.07, 6.45) is 3.93. The highest BCUT2D eigenvalue weighted by atomic mass is 35.5. The first-order valence-corrected chi connectivity index (χ1v) is 6.27. The Labute approximate surface area is 112 Å². The van der Waals surface area contributed by atoms with Crippen LogP contribution in [0.2, 0.25) is 5.02 Å². The maximum absolute atomic E-state index is 12.0. The predicted octanol–water partition coefficient (Wildman–Crippen LogP) is 2.95. The number of hydrogen-bond donors (Lipinski definition) is 1. The van der Waals surface area contributed by atoms with Crippen LogP contribution in [0.3, 0.4) is 0 Å². The fourth-order valence-corrected chi connectivity index (χ4v) is 1.60. The van der Waals surface area contributed by atoms with E-state index in [1.54, 1.807) is 6.08 Å². The maximum atomic E-state index is 12.0. The zero-order valence-corrected chi connectivity index (χ0v) is 11.7. The van der Waals surface area contributed by atoms with Gasteiger partial charge in [-0.25, -0.2) is 9.97 Å². The van der Waals surface area contributed by atoms with Crippen molar-refractivity contribution in [2.45, 2.75) is 39.2 Å². The molecular weight excluding hydrogens is 250 g/mol. The van der Waals surface area contributed by atoms with E-state index in [9.17, 15) is 4.79 Å². The molecule has 1 atom stereocenters. The van der Waals surface area contributed by atoms with Gasteiger partial charge in [0.2, 0.25) is 0 Å². The predicted molar refractivity (Wildman–Crippen MR) is 72.9 cm³/mol. The van der Waals surface area contributed by atoms with Crippen molar-refractivity contribution in [2.75, 3.05) is 0 Å². The largest absolute Gasteiger partial charge is 0.348 e. The fraction of sp³-hybridized carbons (Fsp3) is 0.462. The second kappa shape index (κ2) is 6.50. The van der Waals surface area contributed by atoms with Gasteiger partial charge in [0, 0.05) is 12.0 Å². The van der Waals surface area contributed by atoms with Gasteiger partial charge in [0.1, 0.15) is 11.5 Å². The first-order chi connectivity index (χ1) is 8.45. The first kappa shape index (κ1) is 14.6. The molecule has 98 valence electrons. The average molecular weight is 268 g/mol. The Hall–Kier alpha value is -1.42. The van der Waals surface area contributed by atoms with Crippen LogP contribution in [0, 0.1) is 0 Å². The molecule has 1 aromatic heterocycles. The van der Waals surface area contributed by atoms with E-state index in [-0.39, 0.29) is 28.6 Å². The third kappa shape index (κ3) is 3.81. The van der Waals surface area contributed by atoms with E-state index in [0.29, 0.717) is 12.2 Å². The highest BCUT2D eigenvalue weighted by molar-refractivity contribution is 6.33. The average Bonchev–Trinajstić information content (AvgIpc) is 2.29. The number of nitrogens with zero attached hydrogens (tertiary/aromatic N) is 2. The summed E-state index contributed by atoms with van der Waals surface area (Å²) in [5.74, 6) is 0.485. The zero-order valence-electron chi connectivity index (χ0n) is 10.9. The number of rotatable bonds is 5. The molecule has 0 aromatic carbocycles. The van der Waals surface area contributed by atoms with E-state index < -0.39 is 0 Å². The van der Waals surface area contributed by atoms with Gasteiger partial charge >= 0.3 is 0 Å². The van der Waals surface area contributed by atoms with Gasteiger partial charge in [-0.05, 0) is 13.3 Å². The Bertz CT molecular complexity index is 446. The SMILES string of the molecule is C=CCC(C)NC(=O)c1nc(C(C)C)ncc1Cl. The van der Waals surface area contributed by atoms with Crippen LogP contribution in [0.15, 0.2) is 18.9 Å². The smallest absolute Gasteiger partial charge is 0.271 e. The van der Waals surface area contributed by atoms with E-state index in [2.05, 4.69) is 21.9 Å². The summed E-state index contributed by atoms with van der Waals surface area (Å²) in [6.45, 7) is 9.46. The standard InChI is InChI=1S/C13H18ClN3O/c1-5-6-9(4)16-13(18)11-10(14)7-15-12(17-11)8(2)3/h5,7-9H,1,6H2,2-4H3,(H,16,18). The molecule has 0 radical (unpaired) electrons. The van der Waals surface area contributed by atoms with Gasteiger partial charge < -0.3 is 5.32 Å². The van der Waals surface area contributed by atoms with Gasteiger partial charge in [0.25, 0.3) is 5.91 Å². The molecule has 1 unspecified atom stereocenters. The highest BCUT2D eigenvalue weighted by Gasteiger charge is 2.16. The van der Waals surface area contributed by atoms with E-state index in [0.717, 1.165) is 0 Å². The molecule has 1 heterocycles. The van der Waals surface area contributed by atoms with Gasteiger partial charge in [0.05, 0.1) is 11.2 Å². The molecule has 0 spiro atoms. The summed E-state index contributed by atoms with van der Waals surface area (Å²) >= 11 is 5.95. The molecule has 0 saturated heterocycles. The second-order valence-electron chi connectivity index (χ2n) is 4.48. The van der Waals surface area contributed by atoms with Crippen molar-refractivity contribution in [3.05, 3.63) is 35.4 Å². The lowest BCUT2D eigenvalue weighted by atomic mass is 10.2. The van der Waals surface area contributed by atoms with E-state index in [1.165, 1.54) is 6.20 Å². The lowest BCUT2D eigenvalue weighted by Crippen LogP contribution is -2.33. The number of halogens is 1. The van der Waals surface area contributed by atoms with Gasteiger partial charge in [0.15, 0.2) is 0 Å². The van der Waals surface area contributed by atoms with Crippen molar-refractivity contribution >= 4 is 17.5 Å². The van der Waals surface area contributed by atoms with Crippen LogP contribution >= 0.6 is 11.6 Å². The van der Waals surface area contributed by atoms with Crippen LogP contribution in [0.25, 0.3) is 0 Å². The van der Waals surface area contributed by atoms with E-state index in [1.807, 2.05) is 20.8 Å². The van der Waals surface area contributed by atoms with Gasteiger partial charge in [-0.15, -0.1) is 6.58 Å². The molecule has 1 N–H and O–H groups in total. The molecule has 1 rings (SSSR count). The fourth-order valence-electron chi connectivity index (χ4n) is 1.42. The number of carbonyl (C=O) groups excluding carboxylic acids is 1. The molecule has 1 amide bonds. The quantitative estimate of drug-likeness (QED) is 0.835. The summed E-state index contributed by atoms with van der Waals surface area (Å²) in [7, 11) is 0. The topological polar surface area (TPSA) is 54.9 Å². The van der Waals surface area contributed by atoms with Gasteiger partial charge in [-0.1, -0.05) is 31.5 Å². The first-order valence-electron chi connectivity index (χ1n) is 5.89. The summed E-state index contributed by atoms with van der Waals surface area (Å²) in [6, 6.07) is 0.00327. The normalized spacial score (nSPS) is 12.3. The zero-order chi connectivity index (χ0) is 13.7. The third-order valence-corrected chi connectivity index (χ3v) is 2.67. The van der Waals surface area contributed by atoms with Crippen molar-refractivity contribution in [1.29, 1.82) is 0 Å². The summed E-state index contributed by atoms with van der Waals surface area (Å²) in [4.78, 5) is 20.3. The molecule has 0 saturated carbocycles. The number of nitrogens with one attached hydrogen (secondary N) is 1. The molecule has 0 aliphatic rings. The van der Waals surface area contributed by atoms with Crippen LogP contribution in [-0.4, -0.2) is 21.9 Å². The second-order valence-corrected chi connectivity index (χ2v) is 4.89. The minimum absolute atomic E-state index is 0.00327. The minimum atomic E-state index is -0.279. The maximum Gasteiger partial charge on any atom is 0.271 e. The van der Waals surface area contributed by atoms with Crippen molar-refractivity contribution in [3.63, 3.8) is 0 Å². The Morgan fingerprint density at radius 3 is 2.78 bits per heavy atom. The molecular formula is C13H18ClN3O. The molecule has 5 heteroatoms. The van der Waals surface area contributed by atoms with Crippen LogP contribution in [-0.2, 0) is 0 Å². The van der Waals surface area contributed by atoms with Crippen LogP contribution in [0.1, 0.15) is 49.4 Å². The lowest BCUT2D eigenvalue weighted by molar-refractivity contribution is 0.0935. The lowest BCUT2D eigenvalue weighted by Gasteiger charge is -2.13. The highest BCUT2D eigenvalue weighted by Crippen LogP contribution is 2.16. The number of amides is 1. The molecule has 18 heavy (non-hydrogen) atoms. The van der Waals surface area contributed by atoms with Crippen LogP contribution < -0.4 is 5.32 Å². The molecule has 1 aromatic rings. The minimum Gasteiger partial charge on any atom is -0.348 e. The molecule has 0 bridgehead atoms. The summed E-state index contributed by atoms with van der Waals surface area (Å²) < 4.78 is 0. The van der Waals surface area contributed by atoms with Crippen molar-refractivity contribution in [1.82, 2.24) is 15.3 Å². The van der Waals surface area contributed by atoms with Gasteiger partial charge in [-0.3, -0.25) is 4.79 Å². The van der Waals surface area contributed by atoms with Crippen LogP contribution in [0.4, 0.5) is 0 Å². The molecule has 0 aliphatic carbocycles. The monoisotopic (exact) mass is 267 g/mol. The Morgan fingerprint density at radius 2 is 2.22 bits per heavy atom. The molecule has 0 aliphatic heterocycles. The molecule has 4 nitrogen and oxygen atoms in total. The molecule has 0 fully saturated rings. The number of carbonyl (C=O) groups is 1. The van der Waals surface area contributed by atoms with Gasteiger partial charge in [-0.2, -0.15) is 0 Å². The van der Waals surface area contributed by atoms with Crippen LogP contribution in [0.5, 0.6) is 0 Å².